The maximum Gasteiger partial charge on any atom is 0.447 e. The molecule has 0 aliphatic carbocycles. The Bertz CT molecular complexity index is 177. The number of thiol groups is 1. The van der Waals surface area contributed by atoms with E-state index in [1.807, 2.05) is 0 Å². The Hall–Kier alpha value is 0.150. The van der Waals surface area contributed by atoms with Crippen LogP contribution in [0.4, 0.5) is 0 Å². The minimum Gasteiger partial charge on any atom is -0.343 e. The highest BCUT2D eigenvalue weighted by molar-refractivity contribution is 8.11. The molecule has 0 unspecified atom stereocenters. The number of thiocarbonyl (C=S) groups is 1. The first-order valence-corrected chi connectivity index (χ1v) is 3.54. The number of hydrogen-bond acceptors (Lipinski definition) is 4. The quantitative estimate of drug-likeness (QED) is 0.333. The first-order chi connectivity index (χ1) is 3.42. The van der Waals surface area contributed by atoms with Gasteiger partial charge in [-0.15, -0.1) is 0 Å². The molecular formula is CH2O4S3. The summed E-state index contributed by atoms with van der Waals surface area (Å²) < 4.78 is 30.1. The van der Waals surface area contributed by atoms with Crippen LogP contribution in [0.15, 0.2) is 0 Å². The van der Waals surface area contributed by atoms with Gasteiger partial charge in [0, 0.05) is 0 Å². The first kappa shape index (κ1) is 8.15. The highest BCUT2D eigenvalue weighted by atomic mass is 32.3. The van der Waals surface area contributed by atoms with Crippen molar-refractivity contribution in [2.24, 2.45) is 0 Å². The van der Waals surface area contributed by atoms with Crippen LogP contribution in [0.3, 0.4) is 0 Å². The molecular weight excluding hydrogens is 172 g/mol. The molecule has 0 aromatic carbocycles. The van der Waals surface area contributed by atoms with Crippen LogP contribution < -0.4 is 0 Å². The summed E-state index contributed by atoms with van der Waals surface area (Å²) in [6.45, 7) is 0. The van der Waals surface area contributed by atoms with Gasteiger partial charge in [0.25, 0.3) is 0 Å². The van der Waals surface area contributed by atoms with Crippen molar-refractivity contribution in [3.63, 3.8) is 0 Å². The Kier molecular flexibility index (Phi) is 2.67. The Morgan fingerprint density at radius 1 is 1.75 bits per heavy atom. The van der Waals surface area contributed by atoms with Crippen LogP contribution in [-0.4, -0.2) is 17.4 Å². The van der Waals surface area contributed by atoms with Crippen LogP contribution in [0, 0.1) is 0 Å². The summed E-state index contributed by atoms with van der Waals surface area (Å²) in [5, 5.41) is 0. The molecule has 7 heteroatoms. The molecule has 0 saturated carbocycles. The highest BCUT2D eigenvalue weighted by Crippen LogP contribution is 1.92. The second-order valence-corrected chi connectivity index (χ2v) is 2.88. The monoisotopic (exact) mass is 174 g/mol. The lowest BCUT2D eigenvalue weighted by atomic mass is 11.7. The molecule has 4 nitrogen and oxygen atoms in total. The predicted octanol–water partition coefficient (Wildman–Crippen LogP) is 0.0205. The van der Waals surface area contributed by atoms with E-state index in [4.69, 9.17) is 4.55 Å². The molecule has 0 aliphatic rings. The minimum absolute atomic E-state index is 0.535. The summed E-state index contributed by atoms with van der Waals surface area (Å²) in [5.41, 5.74) is 0. The second-order valence-electron chi connectivity index (χ2n) is 0.777. The lowest BCUT2D eigenvalue weighted by Crippen LogP contribution is -2.04. The van der Waals surface area contributed by atoms with E-state index < -0.39 is 14.8 Å². The van der Waals surface area contributed by atoms with E-state index in [0.29, 0.717) is 0 Å². The molecule has 0 spiro atoms. The lowest BCUT2D eigenvalue weighted by Gasteiger charge is -1.92. The van der Waals surface area contributed by atoms with Crippen molar-refractivity contribution >= 4 is 39.6 Å². The molecule has 0 atom stereocenters. The van der Waals surface area contributed by atoms with E-state index in [1.165, 1.54) is 0 Å². The molecule has 0 radical (unpaired) electrons. The third-order valence-corrected chi connectivity index (χ3v) is 0.958. The van der Waals surface area contributed by atoms with Crippen LogP contribution in [0.5, 0.6) is 0 Å². The van der Waals surface area contributed by atoms with Crippen LogP contribution in [-0.2, 0) is 14.6 Å². The molecule has 0 aliphatic heterocycles. The van der Waals surface area contributed by atoms with E-state index in [9.17, 15) is 8.42 Å². The van der Waals surface area contributed by atoms with Crippen molar-refractivity contribution < 1.29 is 17.2 Å². The third-order valence-electron chi connectivity index (χ3n) is 0.177. The average Bonchev–Trinajstić information content (AvgIpc) is 1.21. The Labute approximate surface area is 57.2 Å². The summed E-state index contributed by atoms with van der Waals surface area (Å²) in [5.74, 6) is 0. The molecule has 0 saturated heterocycles. The Balaban J connectivity index is 3.95. The molecule has 0 amide bonds. The van der Waals surface area contributed by atoms with E-state index in [0.717, 1.165) is 0 Å². The standard InChI is InChI=1S/CH2O4S3/c2-8(3,4)5-1(6)7/h(H,6,7)(H,2,3,4). The van der Waals surface area contributed by atoms with Crippen molar-refractivity contribution in [2.45, 2.75) is 0 Å². The largest absolute Gasteiger partial charge is 0.447 e. The van der Waals surface area contributed by atoms with E-state index >= 15 is 0 Å². The van der Waals surface area contributed by atoms with Gasteiger partial charge in [-0.25, -0.2) is 0 Å². The SMILES string of the molecule is O=S(=O)(O)OC(=S)S. The fourth-order valence-corrected chi connectivity index (χ4v) is 0.811. The van der Waals surface area contributed by atoms with Gasteiger partial charge in [-0.3, -0.25) is 4.55 Å². The van der Waals surface area contributed by atoms with Gasteiger partial charge in [-0.2, -0.15) is 8.42 Å². The van der Waals surface area contributed by atoms with Crippen molar-refractivity contribution in [1.82, 2.24) is 0 Å². The summed E-state index contributed by atoms with van der Waals surface area (Å²) >= 11 is 7.31. The maximum atomic E-state index is 9.64. The predicted molar refractivity (Wildman–Crippen MR) is 34.2 cm³/mol. The zero-order valence-corrected chi connectivity index (χ0v) is 5.96. The summed E-state index contributed by atoms with van der Waals surface area (Å²) in [6.07, 6.45) is 0. The average molecular weight is 174 g/mol. The van der Waals surface area contributed by atoms with Gasteiger partial charge in [0.15, 0.2) is 0 Å². The number of hydrogen-bond donors (Lipinski definition) is 2. The molecule has 8 heavy (non-hydrogen) atoms. The van der Waals surface area contributed by atoms with Gasteiger partial charge >= 0.3 is 10.4 Å². The summed E-state index contributed by atoms with van der Waals surface area (Å²) in [7, 11) is -4.44. The van der Waals surface area contributed by atoms with E-state index in [2.05, 4.69) is 29.0 Å². The molecule has 0 rings (SSSR count). The molecule has 0 aromatic heterocycles. The normalized spacial score (nSPS) is 10.8. The lowest BCUT2D eigenvalue weighted by molar-refractivity contribution is 0.390. The van der Waals surface area contributed by atoms with Crippen molar-refractivity contribution in [3.05, 3.63) is 0 Å². The van der Waals surface area contributed by atoms with Gasteiger partial charge in [0.2, 0.25) is 4.38 Å². The fourth-order valence-electron chi connectivity index (χ4n) is 0.0901. The van der Waals surface area contributed by atoms with Crippen LogP contribution in [0.2, 0.25) is 0 Å². The van der Waals surface area contributed by atoms with Crippen molar-refractivity contribution in [1.29, 1.82) is 0 Å². The second kappa shape index (κ2) is 2.62. The third kappa shape index (κ3) is 6.15. The molecule has 0 fully saturated rings. The van der Waals surface area contributed by atoms with Crippen LogP contribution >= 0.6 is 24.8 Å². The number of rotatable bonds is 1. The van der Waals surface area contributed by atoms with Crippen LogP contribution in [0.1, 0.15) is 0 Å². The highest BCUT2D eigenvalue weighted by Gasteiger charge is 2.04. The van der Waals surface area contributed by atoms with Crippen molar-refractivity contribution in [3.8, 4) is 0 Å². The summed E-state index contributed by atoms with van der Waals surface area (Å²) in [4.78, 5) is 0. The minimum atomic E-state index is -4.44. The Morgan fingerprint density at radius 3 is 2.12 bits per heavy atom. The maximum absolute atomic E-state index is 9.64. The fraction of sp³-hybridized carbons (Fsp3) is 0. The molecule has 0 heterocycles. The zero-order chi connectivity index (χ0) is 6.78. The molecule has 1 N–H and O–H groups in total. The van der Waals surface area contributed by atoms with E-state index in [1.54, 1.807) is 0 Å². The van der Waals surface area contributed by atoms with Gasteiger partial charge in [-0.05, 0) is 12.2 Å². The van der Waals surface area contributed by atoms with Gasteiger partial charge in [0.1, 0.15) is 0 Å². The van der Waals surface area contributed by atoms with Gasteiger partial charge < -0.3 is 4.18 Å². The smallest absolute Gasteiger partial charge is 0.343 e. The van der Waals surface area contributed by atoms with Crippen LogP contribution in [0.25, 0.3) is 0 Å². The molecule has 0 aromatic rings. The topological polar surface area (TPSA) is 63.6 Å². The summed E-state index contributed by atoms with van der Waals surface area (Å²) in [6, 6.07) is 0. The van der Waals surface area contributed by atoms with E-state index in [-0.39, 0.29) is 0 Å². The van der Waals surface area contributed by atoms with Gasteiger partial charge in [0.05, 0.1) is 0 Å². The first-order valence-electron chi connectivity index (χ1n) is 1.31. The zero-order valence-electron chi connectivity index (χ0n) is 3.44. The Morgan fingerprint density at radius 2 is 2.12 bits per heavy atom. The van der Waals surface area contributed by atoms with Crippen molar-refractivity contribution in [2.75, 3.05) is 0 Å². The molecule has 48 valence electrons. The van der Waals surface area contributed by atoms with Gasteiger partial charge in [-0.1, -0.05) is 12.6 Å². The molecule has 0 bridgehead atoms.